The summed E-state index contributed by atoms with van der Waals surface area (Å²) in [4.78, 5) is 15.9. The molecule has 3 rings (SSSR count). The Morgan fingerprint density at radius 1 is 1.04 bits per heavy atom. The van der Waals surface area contributed by atoms with Crippen LogP contribution in [-0.4, -0.2) is 25.1 Å². The number of aromatic nitrogens is 1. The number of carbonyl (C=O) groups is 1. The Hall–Kier alpha value is -2.95. The maximum absolute atomic E-state index is 12.4. The molecule has 0 aliphatic rings. The van der Waals surface area contributed by atoms with Gasteiger partial charge in [-0.1, -0.05) is 17.7 Å². The number of aromatic amines is 1. The summed E-state index contributed by atoms with van der Waals surface area (Å²) in [7, 11) is 3.18. The van der Waals surface area contributed by atoms with Gasteiger partial charge in [0.2, 0.25) is 5.91 Å². The molecule has 0 saturated heterocycles. The standard InChI is InChI=1S/C22H26N2O3/c1-13-8-17(22-18(9-13)14(2)15(3)24-22)12-23-21(25)11-16-6-7-19(26-4)20(10-16)27-5/h6-10,24H,11-12H2,1-5H3,(H,23,25). The summed E-state index contributed by atoms with van der Waals surface area (Å²) in [5.74, 6) is 1.25. The fraction of sp³-hybridized carbons (Fsp3) is 0.318. The summed E-state index contributed by atoms with van der Waals surface area (Å²) in [6.45, 7) is 6.76. The van der Waals surface area contributed by atoms with Crippen LogP contribution in [0.2, 0.25) is 0 Å². The largest absolute Gasteiger partial charge is 0.493 e. The number of carbonyl (C=O) groups excluding carboxylic acids is 1. The third-order valence-electron chi connectivity index (χ3n) is 4.93. The lowest BCUT2D eigenvalue weighted by Crippen LogP contribution is -2.24. The first-order valence-electron chi connectivity index (χ1n) is 8.99. The maximum atomic E-state index is 12.4. The summed E-state index contributed by atoms with van der Waals surface area (Å²) in [6.07, 6.45) is 0.290. The number of amides is 1. The number of benzene rings is 2. The molecule has 0 radical (unpaired) electrons. The SMILES string of the molecule is COc1ccc(CC(=O)NCc2cc(C)cc3c(C)c(C)[nH]c23)cc1OC. The number of hydrogen-bond acceptors (Lipinski definition) is 3. The molecule has 0 bridgehead atoms. The molecule has 1 aromatic heterocycles. The van der Waals surface area contributed by atoms with Gasteiger partial charge in [0, 0.05) is 17.6 Å². The first-order valence-corrected chi connectivity index (χ1v) is 8.99. The van der Waals surface area contributed by atoms with Crippen LogP contribution in [0.15, 0.2) is 30.3 Å². The van der Waals surface area contributed by atoms with Crippen molar-refractivity contribution in [2.45, 2.75) is 33.7 Å². The van der Waals surface area contributed by atoms with Crippen molar-refractivity contribution in [3.63, 3.8) is 0 Å². The van der Waals surface area contributed by atoms with E-state index in [4.69, 9.17) is 9.47 Å². The molecule has 0 aliphatic carbocycles. The topological polar surface area (TPSA) is 63.3 Å². The summed E-state index contributed by atoms with van der Waals surface area (Å²) >= 11 is 0. The van der Waals surface area contributed by atoms with Crippen LogP contribution in [0.25, 0.3) is 10.9 Å². The van der Waals surface area contributed by atoms with Crippen LogP contribution in [0.5, 0.6) is 11.5 Å². The highest BCUT2D eigenvalue weighted by Crippen LogP contribution is 2.28. The van der Waals surface area contributed by atoms with Crippen molar-refractivity contribution >= 4 is 16.8 Å². The Morgan fingerprint density at radius 2 is 1.78 bits per heavy atom. The van der Waals surface area contributed by atoms with E-state index in [1.165, 1.54) is 16.5 Å². The number of hydrogen-bond donors (Lipinski definition) is 2. The second-order valence-electron chi connectivity index (χ2n) is 6.86. The first kappa shape index (κ1) is 18.8. The number of aryl methyl sites for hydroxylation is 3. The zero-order valence-electron chi connectivity index (χ0n) is 16.5. The van der Waals surface area contributed by atoms with Gasteiger partial charge in [-0.3, -0.25) is 4.79 Å². The van der Waals surface area contributed by atoms with Gasteiger partial charge in [-0.05, 0) is 55.7 Å². The van der Waals surface area contributed by atoms with Gasteiger partial charge in [0.1, 0.15) is 0 Å². The van der Waals surface area contributed by atoms with Crippen LogP contribution in [0.1, 0.15) is 27.9 Å². The van der Waals surface area contributed by atoms with Gasteiger partial charge in [-0.15, -0.1) is 0 Å². The van der Waals surface area contributed by atoms with Gasteiger partial charge in [0.15, 0.2) is 11.5 Å². The number of ether oxygens (including phenoxy) is 2. The molecule has 3 aromatic rings. The molecule has 5 nitrogen and oxygen atoms in total. The lowest BCUT2D eigenvalue weighted by molar-refractivity contribution is -0.120. The molecule has 27 heavy (non-hydrogen) atoms. The second kappa shape index (κ2) is 7.74. The van der Waals surface area contributed by atoms with E-state index in [9.17, 15) is 4.79 Å². The predicted octanol–water partition coefficient (Wildman–Crippen LogP) is 3.97. The van der Waals surface area contributed by atoms with Crippen LogP contribution in [0.3, 0.4) is 0 Å². The summed E-state index contributed by atoms with van der Waals surface area (Å²) in [5, 5.41) is 4.25. The molecule has 142 valence electrons. The Bertz CT molecular complexity index is 989. The molecule has 1 heterocycles. The lowest BCUT2D eigenvalue weighted by Gasteiger charge is -2.11. The van der Waals surface area contributed by atoms with E-state index in [-0.39, 0.29) is 12.3 Å². The molecule has 0 saturated carbocycles. The molecule has 0 unspecified atom stereocenters. The van der Waals surface area contributed by atoms with Crippen LogP contribution in [0, 0.1) is 20.8 Å². The van der Waals surface area contributed by atoms with E-state index in [1.54, 1.807) is 14.2 Å². The monoisotopic (exact) mass is 366 g/mol. The Kier molecular flexibility index (Phi) is 5.40. The molecule has 0 fully saturated rings. The Balaban J connectivity index is 1.73. The van der Waals surface area contributed by atoms with Crippen molar-refractivity contribution in [3.8, 4) is 11.5 Å². The molecular formula is C22H26N2O3. The average Bonchev–Trinajstić information content (AvgIpc) is 2.94. The van der Waals surface area contributed by atoms with Crippen LogP contribution in [0.4, 0.5) is 0 Å². The Morgan fingerprint density at radius 3 is 2.48 bits per heavy atom. The van der Waals surface area contributed by atoms with Gasteiger partial charge in [0.25, 0.3) is 0 Å². The summed E-state index contributed by atoms with van der Waals surface area (Å²) < 4.78 is 10.5. The summed E-state index contributed by atoms with van der Waals surface area (Å²) in [5.41, 5.74) is 6.68. The van der Waals surface area contributed by atoms with Gasteiger partial charge >= 0.3 is 0 Å². The highest BCUT2D eigenvalue weighted by Gasteiger charge is 2.12. The van der Waals surface area contributed by atoms with Gasteiger partial charge in [-0.2, -0.15) is 0 Å². The first-order chi connectivity index (χ1) is 12.9. The van der Waals surface area contributed by atoms with Gasteiger partial charge in [-0.25, -0.2) is 0 Å². The molecule has 0 atom stereocenters. The van der Waals surface area contributed by atoms with Crippen molar-refractivity contribution < 1.29 is 14.3 Å². The van der Waals surface area contributed by atoms with E-state index >= 15 is 0 Å². The number of fused-ring (bicyclic) bond motifs is 1. The minimum Gasteiger partial charge on any atom is -0.493 e. The smallest absolute Gasteiger partial charge is 0.224 e. The van der Waals surface area contributed by atoms with E-state index in [1.807, 2.05) is 18.2 Å². The summed E-state index contributed by atoms with van der Waals surface area (Å²) in [6, 6.07) is 9.83. The van der Waals surface area contributed by atoms with Crippen molar-refractivity contribution in [2.75, 3.05) is 14.2 Å². The van der Waals surface area contributed by atoms with Crippen molar-refractivity contribution in [1.29, 1.82) is 0 Å². The zero-order chi connectivity index (χ0) is 19.6. The van der Waals surface area contributed by atoms with Crippen LogP contribution >= 0.6 is 0 Å². The normalized spacial score (nSPS) is 10.9. The minimum atomic E-state index is -0.0307. The van der Waals surface area contributed by atoms with Crippen molar-refractivity contribution in [3.05, 3.63) is 58.3 Å². The third kappa shape index (κ3) is 3.92. The third-order valence-corrected chi connectivity index (χ3v) is 4.93. The lowest BCUT2D eigenvalue weighted by atomic mass is 10.0. The number of H-pyrrole nitrogens is 1. The average molecular weight is 366 g/mol. The molecule has 0 aliphatic heterocycles. The fourth-order valence-electron chi connectivity index (χ4n) is 3.36. The molecule has 2 aromatic carbocycles. The quantitative estimate of drug-likeness (QED) is 0.694. The van der Waals surface area contributed by atoms with E-state index in [2.05, 4.69) is 43.2 Å². The van der Waals surface area contributed by atoms with Crippen molar-refractivity contribution in [2.24, 2.45) is 0 Å². The fourth-order valence-corrected chi connectivity index (χ4v) is 3.36. The second-order valence-corrected chi connectivity index (χ2v) is 6.86. The highest BCUT2D eigenvalue weighted by molar-refractivity contribution is 5.88. The van der Waals surface area contributed by atoms with Gasteiger partial charge in [0.05, 0.1) is 26.2 Å². The van der Waals surface area contributed by atoms with Crippen LogP contribution < -0.4 is 14.8 Å². The molecular weight excluding hydrogens is 340 g/mol. The number of methoxy groups -OCH3 is 2. The number of nitrogens with one attached hydrogen (secondary N) is 2. The zero-order valence-corrected chi connectivity index (χ0v) is 16.5. The number of rotatable bonds is 6. The minimum absolute atomic E-state index is 0.0307. The molecule has 1 amide bonds. The van der Waals surface area contributed by atoms with E-state index in [0.29, 0.717) is 18.0 Å². The highest BCUT2D eigenvalue weighted by atomic mass is 16.5. The van der Waals surface area contributed by atoms with Crippen molar-refractivity contribution in [1.82, 2.24) is 10.3 Å². The van der Waals surface area contributed by atoms with E-state index < -0.39 is 0 Å². The maximum Gasteiger partial charge on any atom is 0.224 e. The predicted molar refractivity (Wildman–Crippen MR) is 108 cm³/mol. The van der Waals surface area contributed by atoms with Crippen LogP contribution in [-0.2, 0) is 17.8 Å². The molecule has 0 spiro atoms. The van der Waals surface area contributed by atoms with Gasteiger partial charge < -0.3 is 19.8 Å². The molecule has 5 heteroatoms. The molecule has 2 N–H and O–H groups in total. The Labute approximate surface area is 159 Å². The van der Waals surface area contributed by atoms with E-state index in [0.717, 1.165) is 22.3 Å².